The molecule has 0 atom stereocenters. The molecule has 1 heterocycles. The summed E-state index contributed by atoms with van der Waals surface area (Å²) in [6.07, 6.45) is 2.90. The van der Waals surface area contributed by atoms with Crippen molar-refractivity contribution in [3.8, 4) is 11.8 Å². The Hall–Kier alpha value is -1.75. The Labute approximate surface area is 101 Å². The third-order valence-corrected chi connectivity index (χ3v) is 2.26. The Kier molecular flexibility index (Phi) is 3.49. The summed E-state index contributed by atoms with van der Waals surface area (Å²) in [6.45, 7) is 0. The molecule has 0 N–H and O–H groups in total. The third-order valence-electron chi connectivity index (χ3n) is 1.95. The number of rotatable bonds is 3. The lowest BCUT2D eigenvalue weighted by atomic mass is 10.3. The Morgan fingerprint density at radius 3 is 2.53 bits per heavy atom. The largest absolute Gasteiger partial charge is 0.421 e. The van der Waals surface area contributed by atoms with E-state index in [1.54, 1.807) is 0 Å². The molecular formula is C11H7ClF2N2O. The van der Waals surface area contributed by atoms with Crippen molar-refractivity contribution in [2.45, 2.75) is 5.88 Å². The van der Waals surface area contributed by atoms with Crippen molar-refractivity contribution in [1.29, 1.82) is 0 Å². The normalized spacial score (nSPS) is 10.3. The van der Waals surface area contributed by atoms with Gasteiger partial charge in [-0.1, -0.05) is 6.07 Å². The van der Waals surface area contributed by atoms with E-state index in [1.165, 1.54) is 24.5 Å². The predicted octanol–water partition coefficient (Wildman–Crippen LogP) is 3.29. The van der Waals surface area contributed by atoms with Crippen LogP contribution in [0.5, 0.6) is 11.8 Å². The van der Waals surface area contributed by atoms with E-state index in [0.717, 1.165) is 6.07 Å². The minimum absolute atomic E-state index is 0.0663. The van der Waals surface area contributed by atoms with Gasteiger partial charge < -0.3 is 4.74 Å². The fourth-order valence-corrected chi connectivity index (χ4v) is 1.26. The van der Waals surface area contributed by atoms with E-state index < -0.39 is 11.6 Å². The van der Waals surface area contributed by atoms with Crippen LogP contribution in [-0.2, 0) is 5.88 Å². The monoisotopic (exact) mass is 256 g/mol. The highest BCUT2D eigenvalue weighted by Crippen LogP contribution is 2.23. The number of nitrogens with zero attached hydrogens (tertiary/aromatic N) is 2. The van der Waals surface area contributed by atoms with Gasteiger partial charge in [0.1, 0.15) is 0 Å². The van der Waals surface area contributed by atoms with Gasteiger partial charge in [-0.15, -0.1) is 11.6 Å². The summed E-state index contributed by atoms with van der Waals surface area (Å²) in [5.74, 6) is -2.05. The van der Waals surface area contributed by atoms with Gasteiger partial charge in [0.25, 0.3) is 0 Å². The Morgan fingerprint density at radius 1 is 1.18 bits per heavy atom. The molecule has 0 spiro atoms. The molecule has 2 aromatic rings. The van der Waals surface area contributed by atoms with E-state index in [0.29, 0.717) is 5.56 Å². The molecule has 0 radical (unpaired) electrons. The van der Waals surface area contributed by atoms with Crippen LogP contribution in [0, 0.1) is 11.6 Å². The lowest BCUT2D eigenvalue weighted by molar-refractivity contribution is 0.392. The Morgan fingerprint density at radius 2 is 1.88 bits per heavy atom. The lowest BCUT2D eigenvalue weighted by Crippen LogP contribution is -1.96. The van der Waals surface area contributed by atoms with Crippen LogP contribution < -0.4 is 4.74 Å². The van der Waals surface area contributed by atoms with Gasteiger partial charge >= 0.3 is 6.01 Å². The van der Waals surface area contributed by atoms with Crippen LogP contribution in [0.25, 0.3) is 0 Å². The van der Waals surface area contributed by atoms with Crippen LogP contribution in [0.3, 0.4) is 0 Å². The van der Waals surface area contributed by atoms with Gasteiger partial charge in [0.05, 0.1) is 5.88 Å². The average Bonchev–Trinajstić information content (AvgIpc) is 2.36. The van der Waals surface area contributed by atoms with E-state index >= 15 is 0 Å². The maximum Gasteiger partial charge on any atom is 0.321 e. The molecule has 0 aliphatic rings. The molecule has 1 aromatic carbocycles. The van der Waals surface area contributed by atoms with Crippen molar-refractivity contribution >= 4 is 11.6 Å². The molecule has 0 unspecified atom stereocenters. The van der Waals surface area contributed by atoms with E-state index in [9.17, 15) is 8.78 Å². The Bertz CT molecular complexity index is 519. The van der Waals surface area contributed by atoms with E-state index in [4.69, 9.17) is 16.3 Å². The molecule has 88 valence electrons. The summed E-state index contributed by atoms with van der Waals surface area (Å²) < 4.78 is 31.2. The molecule has 0 saturated heterocycles. The van der Waals surface area contributed by atoms with Gasteiger partial charge in [-0.05, 0) is 12.1 Å². The SMILES string of the molecule is Fc1cccc(Oc2ncc(CCl)cn2)c1F. The second-order valence-electron chi connectivity index (χ2n) is 3.16. The molecule has 1 aromatic heterocycles. The molecule has 6 heteroatoms. The number of aromatic nitrogens is 2. The lowest BCUT2D eigenvalue weighted by Gasteiger charge is -2.05. The summed E-state index contributed by atoms with van der Waals surface area (Å²) in [7, 11) is 0. The highest BCUT2D eigenvalue weighted by molar-refractivity contribution is 6.17. The molecule has 0 aliphatic heterocycles. The molecule has 0 amide bonds. The van der Waals surface area contributed by atoms with Crippen LogP contribution in [0.15, 0.2) is 30.6 Å². The van der Waals surface area contributed by atoms with Gasteiger partial charge in [-0.25, -0.2) is 14.4 Å². The molecule has 0 bridgehead atoms. The fraction of sp³-hybridized carbons (Fsp3) is 0.0909. The highest BCUT2D eigenvalue weighted by Gasteiger charge is 2.10. The number of hydrogen-bond acceptors (Lipinski definition) is 3. The van der Waals surface area contributed by atoms with Gasteiger partial charge in [0.2, 0.25) is 5.82 Å². The van der Waals surface area contributed by atoms with Crippen molar-refractivity contribution in [3.05, 3.63) is 47.8 Å². The van der Waals surface area contributed by atoms with Crippen LogP contribution in [-0.4, -0.2) is 9.97 Å². The fourth-order valence-electron chi connectivity index (χ4n) is 1.13. The number of ether oxygens (including phenoxy) is 1. The molecule has 17 heavy (non-hydrogen) atoms. The van der Waals surface area contributed by atoms with Crippen molar-refractivity contribution in [2.24, 2.45) is 0 Å². The first-order valence-electron chi connectivity index (χ1n) is 4.69. The maximum atomic E-state index is 13.3. The summed E-state index contributed by atoms with van der Waals surface area (Å²) in [6, 6.07) is 3.56. The van der Waals surface area contributed by atoms with Gasteiger partial charge in [0.15, 0.2) is 11.6 Å². The Balaban J connectivity index is 2.22. The molecular weight excluding hydrogens is 250 g/mol. The van der Waals surface area contributed by atoms with Crippen molar-refractivity contribution in [2.75, 3.05) is 0 Å². The molecule has 2 rings (SSSR count). The number of alkyl halides is 1. The van der Waals surface area contributed by atoms with Gasteiger partial charge in [0, 0.05) is 18.0 Å². The zero-order valence-electron chi connectivity index (χ0n) is 8.53. The topological polar surface area (TPSA) is 35.0 Å². The summed E-state index contributed by atoms with van der Waals surface area (Å²) in [4.78, 5) is 7.62. The third kappa shape index (κ3) is 2.68. The molecule has 0 saturated carbocycles. The minimum Gasteiger partial charge on any atom is -0.421 e. The van der Waals surface area contributed by atoms with E-state index in [2.05, 4.69) is 9.97 Å². The molecule has 0 aliphatic carbocycles. The second kappa shape index (κ2) is 5.05. The molecule has 3 nitrogen and oxygen atoms in total. The predicted molar refractivity (Wildman–Crippen MR) is 58.0 cm³/mol. The highest BCUT2D eigenvalue weighted by atomic mass is 35.5. The molecule has 0 fully saturated rings. The quantitative estimate of drug-likeness (QED) is 0.791. The van der Waals surface area contributed by atoms with Crippen LogP contribution >= 0.6 is 11.6 Å². The first-order chi connectivity index (χ1) is 8.20. The van der Waals surface area contributed by atoms with Crippen molar-refractivity contribution in [1.82, 2.24) is 9.97 Å². The number of hydrogen-bond donors (Lipinski definition) is 0. The zero-order valence-corrected chi connectivity index (χ0v) is 9.29. The summed E-state index contributed by atoms with van der Waals surface area (Å²) >= 11 is 5.56. The number of benzene rings is 1. The second-order valence-corrected chi connectivity index (χ2v) is 3.43. The van der Waals surface area contributed by atoms with Crippen LogP contribution in [0.4, 0.5) is 8.78 Å². The first kappa shape index (κ1) is 11.7. The van der Waals surface area contributed by atoms with Gasteiger partial charge in [-0.3, -0.25) is 0 Å². The average molecular weight is 257 g/mol. The minimum atomic E-state index is -1.07. The van der Waals surface area contributed by atoms with E-state index in [1.807, 2.05) is 0 Å². The smallest absolute Gasteiger partial charge is 0.321 e. The van der Waals surface area contributed by atoms with Gasteiger partial charge in [-0.2, -0.15) is 4.39 Å². The summed E-state index contributed by atoms with van der Waals surface area (Å²) in [5, 5.41) is 0. The maximum absolute atomic E-state index is 13.3. The van der Waals surface area contributed by atoms with Crippen molar-refractivity contribution < 1.29 is 13.5 Å². The summed E-state index contributed by atoms with van der Waals surface area (Å²) in [5.41, 5.74) is 0.707. The standard InChI is InChI=1S/C11H7ClF2N2O/c12-4-7-5-15-11(16-6-7)17-9-3-1-2-8(13)10(9)14/h1-3,5-6H,4H2. The first-order valence-corrected chi connectivity index (χ1v) is 5.23. The van der Waals surface area contributed by atoms with E-state index in [-0.39, 0.29) is 17.6 Å². The van der Waals surface area contributed by atoms with Crippen LogP contribution in [0.2, 0.25) is 0 Å². The van der Waals surface area contributed by atoms with Crippen molar-refractivity contribution in [3.63, 3.8) is 0 Å². The zero-order chi connectivity index (χ0) is 12.3. The van der Waals surface area contributed by atoms with Crippen LogP contribution in [0.1, 0.15) is 5.56 Å². The number of halogens is 3.